The van der Waals surface area contributed by atoms with Crippen LogP contribution in [-0.2, 0) is 16.1 Å². The van der Waals surface area contributed by atoms with Gasteiger partial charge in [0, 0.05) is 24.7 Å². The Morgan fingerprint density at radius 1 is 1.06 bits per heavy atom. The van der Waals surface area contributed by atoms with Crippen LogP contribution in [0.2, 0.25) is 0 Å². The highest BCUT2D eigenvalue weighted by atomic mass is 16.6. The molecule has 34 heavy (non-hydrogen) atoms. The highest BCUT2D eigenvalue weighted by Crippen LogP contribution is 2.30. The largest absolute Gasteiger partial charge is 0.497 e. The Labute approximate surface area is 198 Å². The van der Waals surface area contributed by atoms with E-state index in [1.807, 2.05) is 26.0 Å². The minimum Gasteiger partial charge on any atom is -0.497 e. The van der Waals surface area contributed by atoms with E-state index < -0.39 is 16.9 Å². The average Bonchev–Trinajstić information content (AvgIpc) is 2.85. The van der Waals surface area contributed by atoms with E-state index in [9.17, 15) is 19.7 Å². The molecule has 0 spiro atoms. The van der Waals surface area contributed by atoms with Crippen LogP contribution in [0.4, 0.5) is 5.69 Å². The van der Waals surface area contributed by atoms with Gasteiger partial charge in [0.15, 0.2) is 6.61 Å². The van der Waals surface area contributed by atoms with Gasteiger partial charge < -0.3 is 24.4 Å². The molecule has 0 aromatic heterocycles. The molecule has 0 aliphatic rings. The Morgan fingerprint density at radius 2 is 1.71 bits per heavy atom. The van der Waals surface area contributed by atoms with E-state index in [0.717, 1.165) is 12.0 Å². The SMILES string of the molecule is CC[C@@H](C)NC(=O)[C@@H](C)N(Cc1ccc(OC)cc1)C(=O)COc1ccc([N+](=O)[O-])c(OC)c1. The highest BCUT2D eigenvalue weighted by Gasteiger charge is 2.27. The Balaban J connectivity index is 2.20. The van der Waals surface area contributed by atoms with Crippen molar-refractivity contribution in [2.24, 2.45) is 0 Å². The maximum Gasteiger partial charge on any atom is 0.311 e. The summed E-state index contributed by atoms with van der Waals surface area (Å²) in [4.78, 5) is 37.8. The van der Waals surface area contributed by atoms with Gasteiger partial charge in [-0.2, -0.15) is 0 Å². The number of amides is 2. The monoisotopic (exact) mass is 473 g/mol. The van der Waals surface area contributed by atoms with Crippen LogP contribution >= 0.6 is 0 Å². The molecule has 2 atom stereocenters. The van der Waals surface area contributed by atoms with Crippen molar-refractivity contribution in [2.75, 3.05) is 20.8 Å². The zero-order valence-corrected chi connectivity index (χ0v) is 20.1. The van der Waals surface area contributed by atoms with Gasteiger partial charge in [-0.15, -0.1) is 0 Å². The normalized spacial score (nSPS) is 12.3. The summed E-state index contributed by atoms with van der Waals surface area (Å²) >= 11 is 0. The van der Waals surface area contributed by atoms with E-state index in [-0.39, 0.29) is 42.3 Å². The zero-order valence-electron chi connectivity index (χ0n) is 20.1. The molecule has 0 radical (unpaired) electrons. The van der Waals surface area contributed by atoms with E-state index in [0.29, 0.717) is 5.75 Å². The molecular weight excluding hydrogens is 442 g/mol. The highest BCUT2D eigenvalue weighted by molar-refractivity contribution is 5.88. The van der Waals surface area contributed by atoms with Crippen molar-refractivity contribution in [3.63, 3.8) is 0 Å². The summed E-state index contributed by atoms with van der Waals surface area (Å²) in [6.45, 7) is 5.34. The van der Waals surface area contributed by atoms with Crippen molar-refractivity contribution < 1.29 is 28.7 Å². The minimum absolute atomic E-state index is 0.0198. The lowest BCUT2D eigenvalue weighted by molar-refractivity contribution is -0.385. The summed E-state index contributed by atoms with van der Waals surface area (Å²) in [7, 11) is 2.88. The van der Waals surface area contributed by atoms with E-state index in [4.69, 9.17) is 14.2 Å². The van der Waals surface area contributed by atoms with Gasteiger partial charge in [0.25, 0.3) is 5.91 Å². The first-order valence-electron chi connectivity index (χ1n) is 10.9. The Bertz CT molecular complexity index is 995. The van der Waals surface area contributed by atoms with Crippen molar-refractivity contribution in [1.82, 2.24) is 10.2 Å². The summed E-state index contributed by atoms with van der Waals surface area (Å²) in [6, 6.07) is 10.4. The second-order valence-corrected chi connectivity index (χ2v) is 7.74. The number of nitrogens with zero attached hydrogens (tertiary/aromatic N) is 2. The standard InChI is InChI=1S/C24H31N3O7/c1-6-16(2)25-24(29)17(3)26(14-18-7-9-19(32-4)10-8-18)23(28)15-34-20-11-12-21(27(30)31)22(13-20)33-5/h7-13,16-17H,6,14-15H2,1-5H3,(H,25,29)/t16-,17-/m1/s1. The van der Waals surface area contributed by atoms with Gasteiger partial charge in [-0.05, 0) is 44.0 Å². The second-order valence-electron chi connectivity index (χ2n) is 7.74. The van der Waals surface area contributed by atoms with Crippen molar-refractivity contribution in [1.29, 1.82) is 0 Å². The first-order valence-corrected chi connectivity index (χ1v) is 10.9. The molecule has 1 N–H and O–H groups in total. The number of carbonyl (C=O) groups excluding carboxylic acids is 2. The molecule has 0 bridgehead atoms. The number of hydrogen-bond acceptors (Lipinski definition) is 7. The third-order valence-corrected chi connectivity index (χ3v) is 5.39. The first-order chi connectivity index (χ1) is 16.2. The van der Waals surface area contributed by atoms with Gasteiger partial charge in [0.2, 0.25) is 11.7 Å². The molecule has 184 valence electrons. The van der Waals surface area contributed by atoms with Crippen LogP contribution < -0.4 is 19.5 Å². The van der Waals surface area contributed by atoms with Crippen molar-refractivity contribution in [3.05, 3.63) is 58.1 Å². The second kappa shape index (κ2) is 12.4. The molecule has 0 aliphatic heterocycles. The molecular formula is C24H31N3O7. The van der Waals surface area contributed by atoms with Crippen LogP contribution in [0.5, 0.6) is 17.2 Å². The van der Waals surface area contributed by atoms with Crippen LogP contribution in [0.25, 0.3) is 0 Å². The molecule has 10 heteroatoms. The predicted octanol–water partition coefficient (Wildman–Crippen LogP) is 3.32. The summed E-state index contributed by atoms with van der Waals surface area (Å²) < 4.78 is 15.8. The Hall–Kier alpha value is -3.82. The molecule has 0 heterocycles. The molecule has 2 aromatic carbocycles. The van der Waals surface area contributed by atoms with Crippen molar-refractivity contribution >= 4 is 17.5 Å². The van der Waals surface area contributed by atoms with Crippen LogP contribution in [0.3, 0.4) is 0 Å². The smallest absolute Gasteiger partial charge is 0.311 e. The number of nitro groups is 1. The minimum atomic E-state index is -0.751. The number of ether oxygens (including phenoxy) is 3. The summed E-state index contributed by atoms with van der Waals surface area (Å²) in [5, 5.41) is 14.0. The van der Waals surface area contributed by atoms with Crippen LogP contribution in [0.15, 0.2) is 42.5 Å². The number of methoxy groups -OCH3 is 2. The van der Waals surface area contributed by atoms with Crippen LogP contribution in [-0.4, -0.2) is 54.5 Å². The maximum atomic E-state index is 13.1. The fourth-order valence-electron chi connectivity index (χ4n) is 3.10. The van der Waals surface area contributed by atoms with E-state index >= 15 is 0 Å². The molecule has 2 rings (SSSR count). The molecule has 0 fully saturated rings. The lowest BCUT2D eigenvalue weighted by Crippen LogP contribution is -2.50. The van der Waals surface area contributed by atoms with Crippen LogP contribution in [0, 0.1) is 10.1 Å². The van der Waals surface area contributed by atoms with E-state index in [2.05, 4.69) is 5.32 Å². The number of benzene rings is 2. The lowest BCUT2D eigenvalue weighted by Gasteiger charge is -2.29. The number of nitro benzene ring substituents is 1. The van der Waals surface area contributed by atoms with Gasteiger partial charge in [-0.3, -0.25) is 19.7 Å². The molecule has 0 aliphatic carbocycles. The lowest BCUT2D eigenvalue weighted by atomic mass is 10.1. The topological polar surface area (TPSA) is 120 Å². The van der Waals surface area contributed by atoms with Gasteiger partial charge >= 0.3 is 5.69 Å². The molecule has 2 aromatic rings. The third kappa shape index (κ3) is 7.09. The van der Waals surface area contributed by atoms with Gasteiger partial charge in [-0.1, -0.05) is 19.1 Å². The number of rotatable bonds is 12. The summed E-state index contributed by atoms with van der Waals surface area (Å²) in [5.41, 5.74) is 0.604. The van der Waals surface area contributed by atoms with Gasteiger partial charge in [0.05, 0.1) is 19.1 Å². The average molecular weight is 474 g/mol. The molecule has 0 saturated carbocycles. The zero-order chi connectivity index (χ0) is 25.3. The Kier molecular flexibility index (Phi) is 9.66. The van der Waals surface area contributed by atoms with Crippen molar-refractivity contribution in [3.8, 4) is 17.2 Å². The molecule has 0 unspecified atom stereocenters. The number of carbonyl (C=O) groups is 2. The number of hydrogen-bond donors (Lipinski definition) is 1. The summed E-state index contributed by atoms with van der Waals surface area (Å²) in [6.07, 6.45) is 0.760. The Morgan fingerprint density at radius 3 is 2.26 bits per heavy atom. The fraction of sp³-hybridized carbons (Fsp3) is 0.417. The van der Waals surface area contributed by atoms with Crippen molar-refractivity contribution in [2.45, 2.75) is 45.8 Å². The van der Waals surface area contributed by atoms with Gasteiger partial charge in [-0.25, -0.2) is 0 Å². The van der Waals surface area contributed by atoms with Crippen LogP contribution in [0.1, 0.15) is 32.8 Å². The quantitative estimate of drug-likeness (QED) is 0.371. The third-order valence-electron chi connectivity index (χ3n) is 5.39. The van der Waals surface area contributed by atoms with E-state index in [1.165, 1.54) is 30.2 Å². The summed E-state index contributed by atoms with van der Waals surface area (Å²) in [5.74, 6) is 0.246. The fourth-order valence-corrected chi connectivity index (χ4v) is 3.10. The van der Waals surface area contributed by atoms with Gasteiger partial charge in [0.1, 0.15) is 17.5 Å². The molecule has 10 nitrogen and oxygen atoms in total. The number of nitrogens with one attached hydrogen (secondary N) is 1. The maximum absolute atomic E-state index is 13.1. The predicted molar refractivity (Wildman–Crippen MR) is 126 cm³/mol. The first kappa shape index (κ1) is 26.4. The van der Waals surface area contributed by atoms with E-state index in [1.54, 1.807) is 26.2 Å². The molecule has 2 amide bonds. The molecule has 0 saturated heterocycles.